The van der Waals surface area contributed by atoms with E-state index in [1.165, 1.54) is 0 Å². The van der Waals surface area contributed by atoms with E-state index in [9.17, 15) is 13.2 Å². The summed E-state index contributed by atoms with van der Waals surface area (Å²) in [5.74, 6) is 0.749. The number of nitrogens with zero attached hydrogens (tertiary/aromatic N) is 2. The topological polar surface area (TPSA) is 48.9 Å². The number of rotatable bonds is 11. The van der Waals surface area contributed by atoms with Gasteiger partial charge in [0.05, 0.1) is 13.2 Å². The van der Waals surface area contributed by atoms with Crippen molar-refractivity contribution in [2.75, 3.05) is 32.8 Å². The van der Waals surface area contributed by atoms with Crippen LogP contribution < -0.4 is 10.6 Å². The molecule has 1 atom stereocenters. The molecule has 160 valence electrons. The molecule has 1 rings (SSSR count). The maximum atomic E-state index is 12.1. The average molecular weight is 403 g/mol. The zero-order chi connectivity index (χ0) is 21.0. The van der Waals surface area contributed by atoms with E-state index in [0.717, 1.165) is 37.7 Å². The van der Waals surface area contributed by atoms with E-state index >= 15 is 0 Å². The van der Waals surface area contributed by atoms with Gasteiger partial charge in [0.1, 0.15) is 6.61 Å². The molecule has 1 aromatic rings. The van der Waals surface area contributed by atoms with E-state index in [4.69, 9.17) is 0 Å². The summed E-state index contributed by atoms with van der Waals surface area (Å²) in [4.78, 5) is 6.96. The minimum atomic E-state index is -4.30. The summed E-state index contributed by atoms with van der Waals surface area (Å²) in [5, 5.41) is 6.59. The Morgan fingerprint density at radius 3 is 2.21 bits per heavy atom. The minimum Gasteiger partial charge on any atom is -0.367 e. The minimum absolute atomic E-state index is 0.0590. The summed E-state index contributed by atoms with van der Waals surface area (Å²) >= 11 is 0. The van der Waals surface area contributed by atoms with Crippen LogP contribution in [-0.2, 0) is 17.9 Å². The molecular formula is C20H33F3N4O. The maximum Gasteiger partial charge on any atom is 0.411 e. The highest BCUT2D eigenvalue weighted by molar-refractivity contribution is 5.79. The van der Waals surface area contributed by atoms with Crippen molar-refractivity contribution in [2.24, 2.45) is 4.99 Å². The Labute approximate surface area is 166 Å². The van der Waals surface area contributed by atoms with Gasteiger partial charge in [-0.1, -0.05) is 38.1 Å². The summed E-state index contributed by atoms with van der Waals surface area (Å²) < 4.78 is 41.0. The lowest BCUT2D eigenvalue weighted by molar-refractivity contribution is -0.176. The van der Waals surface area contributed by atoms with Gasteiger partial charge < -0.3 is 15.4 Å². The largest absolute Gasteiger partial charge is 0.411 e. The molecule has 0 fully saturated rings. The van der Waals surface area contributed by atoms with Crippen LogP contribution in [0.4, 0.5) is 13.2 Å². The molecule has 1 aromatic carbocycles. The summed E-state index contributed by atoms with van der Waals surface area (Å²) in [6.45, 7) is 11.3. The zero-order valence-electron chi connectivity index (χ0n) is 17.3. The van der Waals surface area contributed by atoms with Gasteiger partial charge in [0, 0.05) is 19.1 Å². The number of alkyl halides is 3. The highest BCUT2D eigenvalue weighted by Crippen LogP contribution is 2.16. The normalized spacial score (nSPS) is 13.6. The fraction of sp³-hybridized carbons (Fsp3) is 0.650. The standard InChI is InChI=1S/C20H33F3N4O/c1-5-24-19(25-12-16(4)27(6-2)7-3)26-13-17-8-10-18(11-9-17)14-28-15-20(21,22)23/h8-11,16H,5-7,12-15H2,1-4H3,(H2,24,25,26). The first-order valence-corrected chi connectivity index (χ1v) is 9.77. The number of nitrogens with one attached hydrogen (secondary N) is 2. The first kappa shape index (κ1) is 24.2. The van der Waals surface area contributed by atoms with Crippen LogP contribution in [0.15, 0.2) is 29.3 Å². The summed E-state index contributed by atoms with van der Waals surface area (Å²) in [7, 11) is 0. The van der Waals surface area contributed by atoms with E-state index in [1.54, 1.807) is 12.1 Å². The third kappa shape index (κ3) is 9.94. The predicted molar refractivity (Wildman–Crippen MR) is 107 cm³/mol. The predicted octanol–water partition coefficient (Wildman–Crippen LogP) is 3.55. The van der Waals surface area contributed by atoms with Crippen LogP contribution in [0, 0.1) is 0 Å². The number of ether oxygens (including phenoxy) is 1. The van der Waals surface area contributed by atoms with Gasteiger partial charge in [0.2, 0.25) is 0 Å². The van der Waals surface area contributed by atoms with Crippen molar-refractivity contribution < 1.29 is 17.9 Å². The molecule has 8 heteroatoms. The van der Waals surface area contributed by atoms with Crippen molar-refractivity contribution in [2.45, 2.75) is 53.1 Å². The fourth-order valence-corrected chi connectivity index (χ4v) is 2.76. The molecule has 5 nitrogen and oxygen atoms in total. The molecule has 28 heavy (non-hydrogen) atoms. The third-order valence-electron chi connectivity index (χ3n) is 4.32. The number of hydrogen-bond acceptors (Lipinski definition) is 3. The van der Waals surface area contributed by atoms with E-state index in [-0.39, 0.29) is 6.61 Å². The van der Waals surface area contributed by atoms with Gasteiger partial charge in [-0.05, 0) is 38.1 Å². The fourth-order valence-electron chi connectivity index (χ4n) is 2.76. The molecule has 2 N–H and O–H groups in total. The van der Waals surface area contributed by atoms with E-state index in [0.29, 0.717) is 18.2 Å². The summed E-state index contributed by atoms with van der Waals surface area (Å²) in [6, 6.07) is 7.65. The van der Waals surface area contributed by atoms with Crippen molar-refractivity contribution >= 4 is 5.96 Å². The van der Waals surface area contributed by atoms with E-state index < -0.39 is 12.8 Å². The van der Waals surface area contributed by atoms with Crippen LogP contribution in [0.3, 0.4) is 0 Å². The third-order valence-corrected chi connectivity index (χ3v) is 4.32. The number of halogens is 3. The monoisotopic (exact) mass is 402 g/mol. The molecule has 0 aliphatic carbocycles. The van der Waals surface area contributed by atoms with Crippen LogP contribution >= 0.6 is 0 Å². The quantitative estimate of drug-likeness (QED) is 0.439. The second-order valence-electron chi connectivity index (χ2n) is 6.57. The molecular weight excluding hydrogens is 369 g/mol. The maximum absolute atomic E-state index is 12.1. The molecule has 1 unspecified atom stereocenters. The van der Waals surface area contributed by atoms with Gasteiger partial charge in [-0.3, -0.25) is 4.90 Å². The Balaban J connectivity index is 2.55. The van der Waals surface area contributed by atoms with Gasteiger partial charge in [0.15, 0.2) is 5.96 Å². The molecule has 0 amide bonds. The summed E-state index contributed by atoms with van der Waals surface area (Å²) in [6.07, 6.45) is -4.30. The lowest BCUT2D eigenvalue weighted by atomic mass is 10.1. The van der Waals surface area contributed by atoms with Gasteiger partial charge >= 0.3 is 6.18 Å². The Morgan fingerprint density at radius 2 is 1.68 bits per heavy atom. The van der Waals surface area contributed by atoms with Crippen molar-refractivity contribution in [1.29, 1.82) is 0 Å². The molecule has 0 spiro atoms. The number of likely N-dealkylation sites (N-methyl/N-ethyl adjacent to an activating group) is 1. The number of benzene rings is 1. The molecule has 0 saturated heterocycles. The number of aliphatic imine (C=N–C) groups is 1. The Morgan fingerprint density at radius 1 is 1.07 bits per heavy atom. The first-order chi connectivity index (χ1) is 13.3. The first-order valence-electron chi connectivity index (χ1n) is 9.77. The van der Waals surface area contributed by atoms with E-state index in [1.807, 2.05) is 19.1 Å². The lowest BCUT2D eigenvalue weighted by Gasteiger charge is -2.27. The smallest absolute Gasteiger partial charge is 0.367 e. The van der Waals surface area contributed by atoms with Crippen LogP contribution in [0.5, 0.6) is 0 Å². The number of guanidine groups is 1. The van der Waals surface area contributed by atoms with Crippen molar-refractivity contribution in [1.82, 2.24) is 15.5 Å². The second-order valence-corrected chi connectivity index (χ2v) is 6.57. The molecule has 0 bridgehead atoms. The average Bonchev–Trinajstić information content (AvgIpc) is 2.65. The highest BCUT2D eigenvalue weighted by Gasteiger charge is 2.27. The number of hydrogen-bond donors (Lipinski definition) is 2. The van der Waals surface area contributed by atoms with Gasteiger partial charge in [-0.15, -0.1) is 0 Å². The molecule has 0 aliphatic heterocycles. The molecule has 0 saturated carbocycles. The summed E-state index contributed by atoms with van der Waals surface area (Å²) in [5.41, 5.74) is 1.68. The Hall–Kier alpha value is -1.80. The van der Waals surface area contributed by atoms with Crippen molar-refractivity contribution in [3.05, 3.63) is 35.4 Å². The van der Waals surface area contributed by atoms with Crippen LogP contribution in [0.25, 0.3) is 0 Å². The van der Waals surface area contributed by atoms with Gasteiger partial charge in [-0.25, -0.2) is 4.99 Å². The lowest BCUT2D eigenvalue weighted by Crippen LogP contribution is -2.45. The van der Waals surface area contributed by atoms with E-state index in [2.05, 4.69) is 46.0 Å². The highest BCUT2D eigenvalue weighted by atomic mass is 19.4. The van der Waals surface area contributed by atoms with Crippen LogP contribution in [0.1, 0.15) is 38.8 Å². The SMILES string of the molecule is CCNC(=NCc1ccc(COCC(F)(F)F)cc1)NCC(C)N(CC)CC. The molecule has 0 radical (unpaired) electrons. The second kappa shape index (κ2) is 12.6. The molecule has 0 aromatic heterocycles. The molecule has 0 aliphatic rings. The van der Waals surface area contributed by atoms with Gasteiger partial charge in [0.25, 0.3) is 0 Å². The van der Waals surface area contributed by atoms with Crippen LogP contribution in [0.2, 0.25) is 0 Å². The van der Waals surface area contributed by atoms with Crippen LogP contribution in [-0.4, -0.2) is 55.9 Å². The van der Waals surface area contributed by atoms with Gasteiger partial charge in [-0.2, -0.15) is 13.2 Å². The Kier molecular flexibility index (Phi) is 10.9. The zero-order valence-corrected chi connectivity index (χ0v) is 17.3. The van der Waals surface area contributed by atoms with Crippen molar-refractivity contribution in [3.63, 3.8) is 0 Å². The molecule has 0 heterocycles. The van der Waals surface area contributed by atoms with Crippen molar-refractivity contribution in [3.8, 4) is 0 Å². The Bertz CT molecular complexity index is 572.